The van der Waals surface area contributed by atoms with Crippen molar-refractivity contribution in [2.75, 3.05) is 17.2 Å². The largest absolute Gasteiger partial charge is 0.748 e. The van der Waals surface area contributed by atoms with E-state index in [4.69, 9.17) is 0 Å². The molecule has 0 saturated heterocycles. The summed E-state index contributed by atoms with van der Waals surface area (Å²) >= 11 is 1.34. The third-order valence-electron chi connectivity index (χ3n) is 5.86. The Morgan fingerprint density at radius 1 is 1.13 bits per heavy atom. The Balaban J connectivity index is 1.62. The highest BCUT2D eigenvalue weighted by atomic mass is 32.2. The van der Waals surface area contributed by atoms with Crippen molar-refractivity contribution in [3.63, 3.8) is 0 Å². The summed E-state index contributed by atoms with van der Waals surface area (Å²) in [6, 6.07) is 8.62. The van der Waals surface area contributed by atoms with E-state index in [1.54, 1.807) is 47.1 Å². The summed E-state index contributed by atoms with van der Waals surface area (Å²) < 4.78 is 64.8. The smallest absolute Gasteiger partial charge is 0.323 e. The lowest BCUT2D eigenvalue weighted by molar-refractivity contribution is -0.670. The van der Waals surface area contributed by atoms with Crippen LogP contribution in [0.3, 0.4) is 0 Å². The number of fused-ring (bicyclic) bond motifs is 2. The number of anilines is 1. The van der Waals surface area contributed by atoms with Gasteiger partial charge in [0.05, 0.1) is 33.9 Å². The van der Waals surface area contributed by atoms with Crippen molar-refractivity contribution < 1.29 is 36.2 Å². The molecule has 0 spiro atoms. The van der Waals surface area contributed by atoms with Gasteiger partial charge in [0, 0.05) is 22.8 Å². The van der Waals surface area contributed by atoms with E-state index >= 15 is 0 Å². The van der Waals surface area contributed by atoms with Gasteiger partial charge in [0.25, 0.3) is 5.82 Å². The van der Waals surface area contributed by atoms with Crippen molar-refractivity contribution >= 4 is 50.6 Å². The number of rotatable bonds is 10. The molecule has 0 unspecified atom stereocenters. The molecule has 0 radical (unpaired) electrons. The first-order chi connectivity index (χ1) is 18.1. The van der Waals surface area contributed by atoms with E-state index in [2.05, 4.69) is 0 Å². The van der Waals surface area contributed by atoms with E-state index in [9.17, 15) is 31.7 Å². The van der Waals surface area contributed by atoms with Crippen molar-refractivity contribution in [2.24, 2.45) is 0 Å². The molecular formula is C26H25F2N3O5S2. The Kier molecular flexibility index (Phi) is 8.34. The molecule has 0 atom stereocenters. The van der Waals surface area contributed by atoms with Gasteiger partial charge < -0.3 is 14.6 Å². The highest BCUT2D eigenvalue weighted by Gasteiger charge is 2.27. The molecule has 0 amide bonds. The topological polar surface area (TPSA) is 107 Å². The molecular weight excluding hydrogens is 536 g/mol. The van der Waals surface area contributed by atoms with E-state index in [-0.39, 0.29) is 19.5 Å². The van der Waals surface area contributed by atoms with Crippen LogP contribution in [0.15, 0.2) is 70.6 Å². The molecule has 3 aromatic rings. The van der Waals surface area contributed by atoms with Crippen LogP contribution >= 0.6 is 11.8 Å². The summed E-state index contributed by atoms with van der Waals surface area (Å²) in [5.74, 6) is -1.76. The number of aryl methyl sites for hydroxylation is 2. The number of carboxylic acids is 1. The summed E-state index contributed by atoms with van der Waals surface area (Å²) in [5, 5.41) is 9.93. The molecule has 0 aliphatic carbocycles. The monoisotopic (exact) mass is 561 g/mol. The van der Waals surface area contributed by atoms with Gasteiger partial charge in [-0.15, -0.1) is 0 Å². The quantitative estimate of drug-likeness (QED) is 0.224. The Morgan fingerprint density at radius 2 is 1.87 bits per heavy atom. The molecule has 2 heterocycles. The molecule has 2 aromatic carbocycles. The second-order valence-corrected chi connectivity index (χ2v) is 11.0. The van der Waals surface area contributed by atoms with Crippen LogP contribution in [0.5, 0.6) is 0 Å². The normalized spacial score (nSPS) is 14.9. The highest BCUT2D eigenvalue weighted by Crippen LogP contribution is 2.46. The number of imidazole rings is 1. The van der Waals surface area contributed by atoms with E-state index in [1.807, 2.05) is 11.5 Å². The van der Waals surface area contributed by atoms with Gasteiger partial charge in [-0.25, -0.2) is 26.3 Å². The van der Waals surface area contributed by atoms with E-state index in [0.717, 1.165) is 10.4 Å². The third kappa shape index (κ3) is 6.32. The van der Waals surface area contributed by atoms with E-state index in [1.165, 1.54) is 40.9 Å². The fraction of sp³-hybridized carbons (Fsp3) is 0.231. The number of hydrogen-bond acceptors (Lipinski definition) is 6. The maximum absolute atomic E-state index is 14.0. The molecule has 0 fully saturated rings. The standard InChI is InChI=1S/C26H25F2N3O5S2/c1-2-29-20-11-9-18(27)15-21(20)30(13-6-14-38(34,35)36)24(29)7-4-3-5-8-25-31(17-26(32)33)22-16-19(28)10-12-23(22)37-25/h3-5,7-12,15-16H,2,6,13-14,17H2,1H3,(H-,32,33,34,35,36). The Bertz CT molecular complexity index is 1580. The van der Waals surface area contributed by atoms with Gasteiger partial charge in [-0.3, -0.25) is 4.79 Å². The zero-order valence-electron chi connectivity index (χ0n) is 20.4. The number of hydrogen-bond donors (Lipinski definition) is 1. The lowest BCUT2D eigenvalue weighted by Crippen LogP contribution is -2.35. The predicted octanol–water partition coefficient (Wildman–Crippen LogP) is 4.27. The predicted molar refractivity (Wildman–Crippen MR) is 140 cm³/mol. The van der Waals surface area contributed by atoms with E-state index in [0.29, 0.717) is 28.6 Å². The molecule has 1 aromatic heterocycles. The van der Waals surface area contributed by atoms with Gasteiger partial charge in [0.15, 0.2) is 11.0 Å². The first kappa shape index (κ1) is 27.6. The maximum Gasteiger partial charge on any atom is 0.323 e. The van der Waals surface area contributed by atoms with Crippen LogP contribution in [-0.4, -0.2) is 40.9 Å². The van der Waals surface area contributed by atoms with Crippen LogP contribution in [0.1, 0.15) is 19.2 Å². The van der Waals surface area contributed by atoms with Crippen molar-refractivity contribution in [1.82, 2.24) is 4.57 Å². The van der Waals surface area contributed by atoms with Gasteiger partial charge in [-0.2, -0.15) is 0 Å². The highest BCUT2D eigenvalue weighted by molar-refractivity contribution is 8.03. The summed E-state index contributed by atoms with van der Waals surface area (Å²) in [6.45, 7) is 2.39. The fourth-order valence-corrected chi connectivity index (χ4v) is 5.86. The van der Waals surface area contributed by atoms with Crippen LogP contribution in [0, 0.1) is 11.6 Å². The minimum atomic E-state index is -4.38. The summed E-state index contributed by atoms with van der Waals surface area (Å²) in [5.41, 5.74) is 1.84. The molecule has 200 valence electrons. The zero-order chi connectivity index (χ0) is 27.4. The van der Waals surface area contributed by atoms with Gasteiger partial charge in [0.2, 0.25) is 0 Å². The molecule has 8 nitrogen and oxygen atoms in total. The molecule has 38 heavy (non-hydrogen) atoms. The minimum absolute atomic E-state index is 0.0798. The number of nitrogens with zero attached hydrogens (tertiary/aromatic N) is 3. The number of allylic oxidation sites excluding steroid dienone is 4. The van der Waals surface area contributed by atoms with Crippen LogP contribution < -0.4 is 9.47 Å². The van der Waals surface area contributed by atoms with Crippen LogP contribution in [0.2, 0.25) is 0 Å². The number of aliphatic carboxylic acids is 1. The zero-order valence-corrected chi connectivity index (χ0v) is 22.0. The van der Waals surface area contributed by atoms with Crippen molar-refractivity contribution in [2.45, 2.75) is 31.3 Å². The van der Waals surface area contributed by atoms with Crippen molar-refractivity contribution in [3.05, 3.63) is 83.2 Å². The molecule has 1 aliphatic heterocycles. The first-order valence-corrected chi connectivity index (χ1v) is 14.1. The molecule has 1 aliphatic rings. The third-order valence-corrected chi connectivity index (χ3v) is 7.78. The second-order valence-electron chi connectivity index (χ2n) is 8.45. The lowest BCUT2D eigenvalue weighted by Gasteiger charge is -2.17. The first-order valence-electron chi connectivity index (χ1n) is 11.7. The second kappa shape index (κ2) is 11.5. The average molecular weight is 562 g/mol. The number of aromatic nitrogens is 2. The van der Waals surface area contributed by atoms with Gasteiger partial charge in [-0.1, -0.05) is 30.0 Å². The van der Waals surface area contributed by atoms with Gasteiger partial charge >= 0.3 is 5.97 Å². The van der Waals surface area contributed by atoms with Crippen molar-refractivity contribution in [3.8, 4) is 0 Å². The average Bonchev–Trinajstić information content (AvgIpc) is 3.32. The fourth-order valence-electron chi connectivity index (χ4n) is 4.32. The van der Waals surface area contributed by atoms with Gasteiger partial charge in [-0.05, 0) is 49.8 Å². The molecule has 12 heteroatoms. The molecule has 4 rings (SSSR count). The summed E-state index contributed by atoms with van der Waals surface area (Å²) in [7, 11) is -4.38. The van der Waals surface area contributed by atoms with E-state index < -0.39 is 33.5 Å². The molecule has 1 N–H and O–H groups in total. The minimum Gasteiger partial charge on any atom is -0.748 e. The van der Waals surface area contributed by atoms with Gasteiger partial charge in [0.1, 0.15) is 18.2 Å². The van der Waals surface area contributed by atoms with Crippen LogP contribution in [-0.2, 0) is 28.0 Å². The number of thioether (sulfide) groups is 1. The Morgan fingerprint density at radius 3 is 2.58 bits per heavy atom. The number of carboxylic acid groups (broad SMARTS) is 1. The summed E-state index contributed by atoms with van der Waals surface area (Å²) in [4.78, 5) is 13.6. The van der Waals surface area contributed by atoms with Crippen LogP contribution in [0.4, 0.5) is 14.5 Å². The maximum atomic E-state index is 14.0. The SMILES string of the molecule is CC[n+]1c(C=CC=CC=C2Sc3ccc(F)cc3N2CC(=O)O)n(CCCS(=O)(=O)[O-])c2cc(F)ccc21. The Labute approximate surface area is 222 Å². The molecule has 0 bridgehead atoms. The Hall–Kier alpha value is -3.48. The number of halogens is 2. The van der Waals surface area contributed by atoms with Crippen molar-refractivity contribution in [1.29, 1.82) is 0 Å². The lowest BCUT2D eigenvalue weighted by atomic mass is 10.3. The number of carbonyl (C=O) groups is 1. The summed E-state index contributed by atoms with van der Waals surface area (Å²) in [6.07, 6.45) is 8.82. The van der Waals surface area contributed by atoms with Crippen LogP contribution in [0.25, 0.3) is 17.1 Å². The molecule has 0 saturated carbocycles. The number of benzene rings is 2.